The molecule has 12 heteroatoms. The second-order valence-electron chi connectivity index (χ2n) is 9.46. The highest BCUT2D eigenvalue weighted by molar-refractivity contribution is 7.17. The second-order valence-corrected chi connectivity index (χ2v) is 10.9. The number of aryl methyl sites for hydroxylation is 1. The lowest BCUT2D eigenvalue weighted by molar-refractivity contribution is -0.140. The van der Waals surface area contributed by atoms with Crippen molar-refractivity contribution >= 4 is 51.5 Å². The summed E-state index contributed by atoms with van der Waals surface area (Å²) in [7, 11) is 1.43. The van der Waals surface area contributed by atoms with E-state index in [-0.39, 0.29) is 18.4 Å². The van der Waals surface area contributed by atoms with Crippen LogP contribution < -0.4 is 16.4 Å². The van der Waals surface area contributed by atoms with Crippen molar-refractivity contribution in [3.05, 3.63) is 57.4 Å². The Balaban J connectivity index is 1.33. The third kappa shape index (κ3) is 7.95. The maximum atomic E-state index is 12.9. The summed E-state index contributed by atoms with van der Waals surface area (Å²) in [5.41, 5.74) is 8.07. The van der Waals surface area contributed by atoms with Crippen LogP contribution in [0.1, 0.15) is 64.8 Å². The number of likely N-dealkylation sites (tertiary alicyclic amines) is 1. The Morgan fingerprint density at radius 2 is 2.03 bits per heavy atom. The number of halogens is 1. The van der Waals surface area contributed by atoms with Crippen molar-refractivity contribution in [1.82, 2.24) is 19.9 Å². The normalized spacial score (nSPS) is 14.3. The fourth-order valence-corrected chi connectivity index (χ4v) is 5.58. The molecule has 3 heterocycles. The van der Waals surface area contributed by atoms with Crippen LogP contribution in [-0.4, -0.2) is 58.5 Å². The number of nitrogens with zero attached hydrogens (tertiary/aromatic N) is 4. The molecular formula is C27H34ClN7O3S. The van der Waals surface area contributed by atoms with Crippen molar-refractivity contribution in [1.29, 1.82) is 0 Å². The van der Waals surface area contributed by atoms with Crippen molar-refractivity contribution in [2.45, 2.75) is 51.5 Å². The smallest absolute Gasteiger partial charge is 0.305 e. The molecule has 1 amide bonds. The number of methoxy groups -OCH3 is 1. The van der Waals surface area contributed by atoms with E-state index in [9.17, 15) is 9.59 Å². The number of esters is 1. The molecule has 1 fully saturated rings. The largest absolute Gasteiger partial charge is 0.469 e. The van der Waals surface area contributed by atoms with E-state index in [1.807, 2.05) is 19.1 Å². The number of nitrogens with two attached hydrogens (primary N) is 1. The standard InChI is InChI=1S/C27H34ClN7O3S/c1-17-31-21(18-9-12-35(13-10-18)11-4-3-8-24(36)38-2)14-23(32-17)33-27-30-16-22(39-27)26(37)34-25-19(15-29)6-5-7-20(25)28/h5-7,14,16,18H,3-4,8-13,15,29H2,1-2H3,(H,34,37)(H,30,31,32,33). The number of para-hydroxylation sites is 1. The lowest BCUT2D eigenvalue weighted by atomic mass is 9.93. The van der Waals surface area contributed by atoms with Crippen molar-refractivity contribution in [3.63, 3.8) is 0 Å². The number of thiazole rings is 1. The Bertz CT molecular complexity index is 1290. The Morgan fingerprint density at radius 1 is 1.23 bits per heavy atom. The molecule has 10 nitrogen and oxygen atoms in total. The van der Waals surface area contributed by atoms with Gasteiger partial charge in [0.25, 0.3) is 5.91 Å². The van der Waals surface area contributed by atoms with Crippen LogP contribution in [0.25, 0.3) is 0 Å². The fourth-order valence-electron chi connectivity index (χ4n) is 4.62. The van der Waals surface area contributed by atoms with E-state index in [1.165, 1.54) is 24.6 Å². The molecule has 1 aliphatic rings. The van der Waals surface area contributed by atoms with Gasteiger partial charge in [-0.2, -0.15) is 0 Å². The molecule has 0 atom stereocenters. The Kier molecular flexibility index (Phi) is 10.2. The molecule has 2 aromatic heterocycles. The summed E-state index contributed by atoms with van der Waals surface area (Å²) < 4.78 is 4.71. The number of hydrogen-bond acceptors (Lipinski definition) is 10. The second kappa shape index (κ2) is 13.8. The summed E-state index contributed by atoms with van der Waals surface area (Å²) >= 11 is 7.50. The quantitative estimate of drug-likeness (QED) is 0.217. The van der Waals surface area contributed by atoms with Gasteiger partial charge in [-0.1, -0.05) is 35.1 Å². The molecule has 0 unspecified atom stereocenters. The topological polar surface area (TPSA) is 135 Å². The molecule has 0 saturated carbocycles. The van der Waals surface area contributed by atoms with E-state index in [2.05, 4.69) is 25.5 Å². The summed E-state index contributed by atoms with van der Waals surface area (Å²) in [5.74, 6) is 1.24. The monoisotopic (exact) mass is 571 g/mol. The summed E-state index contributed by atoms with van der Waals surface area (Å²) in [6.07, 6.45) is 5.87. The highest BCUT2D eigenvalue weighted by Gasteiger charge is 2.23. The molecule has 208 valence electrons. The molecule has 0 radical (unpaired) electrons. The van der Waals surface area contributed by atoms with Gasteiger partial charge in [-0.05, 0) is 63.9 Å². The number of aromatic nitrogens is 3. The fraction of sp³-hybridized carbons (Fsp3) is 0.444. The summed E-state index contributed by atoms with van der Waals surface area (Å²) in [4.78, 5) is 40.6. The predicted molar refractivity (Wildman–Crippen MR) is 154 cm³/mol. The first kappa shape index (κ1) is 28.9. The van der Waals surface area contributed by atoms with Gasteiger partial charge in [-0.15, -0.1) is 0 Å². The van der Waals surface area contributed by atoms with E-state index < -0.39 is 0 Å². The van der Waals surface area contributed by atoms with Gasteiger partial charge in [0.15, 0.2) is 5.13 Å². The number of piperidine rings is 1. The SMILES string of the molecule is COC(=O)CCCCN1CCC(c2cc(Nc3ncc(C(=O)Nc4c(Cl)cccc4CN)s3)nc(C)n2)CC1. The molecule has 4 N–H and O–H groups in total. The zero-order chi connectivity index (χ0) is 27.8. The number of benzene rings is 1. The first-order valence-electron chi connectivity index (χ1n) is 13.0. The Labute approximate surface area is 237 Å². The number of ether oxygens (including phenoxy) is 1. The third-order valence-corrected chi connectivity index (χ3v) is 7.95. The molecule has 3 aromatic rings. The molecule has 1 saturated heterocycles. The van der Waals surface area contributed by atoms with Crippen molar-refractivity contribution in [2.75, 3.05) is 37.4 Å². The van der Waals surface area contributed by atoms with Gasteiger partial charge in [0, 0.05) is 30.6 Å². The molecule has 4 rings (SSSR count). The van der Waals surface area contributed by atoms with Gasteiger partial charge in [0.2, 0.25) is 0 Å². The number of hydrogen-bond donors (Lipinski definition) is 3. The minimum Gasteiger partial charge on any atom is -0.469 e. The molecule has 39 heavy (non-hydrogen) atoms. The molecule has 0 bridgehead atoms. The van der Waals surface area contributed by atoms with Gasteiger partial charge >= 0.3 is 5.97 Å². The summed E-state index contributed by atoms with van der Waals surface area (Å²) in [5, 5.41) is 7.08. The first-order chi connectivity index (χ1) is 18.9. The summed E-state index contributed by atoms with van der Waals surface area (Å²) in [6, 6.07) is 7.31. The van der Waals surface area contributed by atoms with Crippen LogP contribution in [-0.2, 0) is 16.1 Å². The van der Waals surface area contributed by atoms with E-state index in [1.54, 1.807) is 12.1 Å². The van der Waals surface area contributed by atoms with Crippen LogP contribution in [0.2, 0.25) is 5.02 Å². The molecule has 1 aliphatic heterocycles. The zero-order valence-corrected chi connectivity index (χ0v) is 23.8. The maximum Gasteiger partial charge on any atom is 0.305 e. The van der Waals surface area contributed by atoms with Crippen molar-refractivity contribution in [3.8, 4) is 0 Å². The lowest BCUT2D eigenvalue weighted by Gasteiger charge is -2.31. The number of carbonyl (C=O) groups excluding carboxylic acids is 2. The molecular weight excluding hydrogens is 538 g/mol. The molecule has 1 aromatic carbocycles. The van der Waals surface area contributed by atoms with Crippen LogP contribution in [0, 0.1) is 6.92 Å². The maximum absolute atomic E-state index is 12.9. The van der Waals surface area contributed by atoms with Gasteiger partial charge in [-0.3, -0.25) is 9.59 Å². The predicted octanol–water partition coefficient (Wildman–Crippen LogP) is 4.87. The van der Waals surface area contributed by atoms with Gasteiger partial charge < -0.3 is 26.0 Å². The van der Waals surface area contributed by atoms with E-state index in [0.29, 0.717) is 44.7 Å². The van der Waals surface area contributed by atoms with Gasteiger partial charge in [0.05, 0.1) is 24.0 Å². The average Bonchev–Trinajstić information content (AvgIpc) is 3.40. The minimum atomic E-state index is -0.306. The minimum absolute atomic E-state index is 0.146. The Hall–Kier alpha value is -3.12. The number of carbonyl (C=O) groups is 2. The van der Waals surface area contributed by atoms with Gasteiger partial charge in [-0.25, -0.2) is 15.0 Å². The van der Waals surface area contributed by atoms with Crippen molar-refractivity contribution < 1.29 is 14.3 Å². The highest BCUT2D eigenvalue weighted by atomic mass is 35.5. The zero-order valence-electron chi connectivity index (χ0n) is 22.2. The van der Waals surface area contributed by atoms with Crippen LogP contribution >= 0.6 is 22.9 Å². The highest BCUT2D eigenvalue weighted by Crippen LogP contribution is 2.31. The first-order valence-corrected chi connectivity index (χ1v) is 14.2. The van der Waals surface area contributed by atoms with Crippen LogP contribution in [0.3, 0.4) is 0 Å². The summed E-state index contributed by atoms with van der Waals surface area (Å²) in [6.45, 7) is 5.12. The average molecular weight is 572 g/mol. The van der Waals surface area contributed by atoms with Crippen LogP contribution in [0.5, 0.6) is 0 Å². The number of unbranched alkanes of at least 4 members (excludes halogenated alkanes) is 1. The Morgan fingerprint density at radius 3 is 2.77 bits per heavy atom. The van der Waals surface area contributed by atoms with Crippen molar-refractivity contribution in [2.24, 2.45) is 5.73 Å². The molecule has 0 spiro atoms. The van der Waals surface area contributed by atoms with Crippen LogP contribution in [0.4, 0.5) is 16.6 Å². The number of nitrogens with one attached hydrogen (secondary N) is 2. The van der Waals surface area contributed by atoms with E-state index >= 15 is 0 Å². The lowest BCUT2D eigenvalue weighted by Crippen LogP contribution is -2.34. The number of anilines is 3. The number of rotatable bonds is 11. The van der Waals surface area contributed by atoms with Gasteiger partial charge in [0.1, 0.15) is 16.5 Å². The number of amides is 1. The molecule has 0 aliphatic carbocycles. The van der Waals surface area contributed by atoms with E-state index in [4.69, 9.17) is 27.1 Å². The van der Waals surface area contributed by atoms with E-state index in [0.717, 1.165) is 56.6 Å². The van der Waals surface area contributed by atoms with Crippen LogP contribution in [0.15, 0.2) is 30.5 Å². The third-order valence-electron chi connectivity index (χ3n) is 6.72.